The van der Waals surface area contributed by atoms with E-state index in [-0.39, 0.29) is 28.9 Å². The zero-order valence-corrected chi connectivity index (χ0v) is 15.8. The molecule has 0 aliphatic rings. The van der Waals surface area contributed by atoms with E-state index in [0.29, 0.717) is 11.4 Å². The molecule has 0 heterocycles. The molecule has 2 rings (SSSR count). The van der Waals surface area contributed by atoms with Gasteiger partial charge in [-0.05, 0) is 49.7 Å². The van der Waals surface area contributed by atoms with Crippen LogP contribution in [0.3, 0.4) is 0 Å². The molecule has 7 heteroatoms. The molecule has 0 radical (unpaired) electrons. The smallest absolute Gasteiger partial charge is 0.225 e. The van der Waals surface area contributed by atoms with Gasteiger partial charge in [0.05, 0.1) is 10.6 Å². The topological polar surface area (TPSA) is 92.3 Å². The van der Waals surface area contributed by atoms with Crippen LogP contribution < -0.4 is 10.6 Å². The molecule has 0 atom stereocenters. The Bertz CT molecular complexity index is 919. The van der Waals surface area contributed by atoms with Gasteiger partial charge in [0.2, 0.25) is 11.8 Å². The van der Waals surface area contributed by atoms with Crippen molar-refractivity contribution >= 4 is 33.0 Å². The number of amides is 2. The van der Waals surface area contributed by atoms with Crippen LogP contribution in [0.15, 0.2) is 47.4 Å². The van der Waals surface area contributed by atoms with Crippen LogP contribution in [0.5, 0.6) is 0 Å². The third-order valence-corrected chi connectivity index (χ3v) is 5.52. The Morgan fingerprint density at radius 1 is 0.962 bits per heavy atom. The zero-order valence-electron chi connectivity index (χ0n) is 15.0. The molecule has 2 amide bonds. The quantitative estimate of drug-likeness (QED) is 0.813. The first kappa shape index (κ1) is 19.7. The van der Waals surface area contributed by atoms with Gasteiger partial charge in [-0.15, -0.1) is 0 Å². The minimum Gasteiger partial charge on any atom is -0.326 e. The lowest BCUT2D eigenvalue weighted by molar-refractivity contribution is -0.116. The highest BCUT2D eigenvalue weighted by molar-refractivity contribution is 7.91. The molecule has 0 spiro atoms. The second-order valence-electron chi connectivity index (χ2n) is 6.14. The first-order valence-electron chi connectivity index (χ1n) is 8.15. The molecule has 138 valence electrons. The number of anilines is 2. The average Bonchev–Trinajstić information content (AvgIpc) is 2.56. The highest BCUT2D eigenvalue weighted by atomic mass is 32.2. The van der Waals surface area contributed by atoms with Crippen molar-refractivity contribution in [3.8, 4) is 0 Å². The molecule has 6 nitrogen and oxygen atoms in total. The fraction of sp³-hybridized carbons (Fsp3) is 0.263. The first-order chi connectivity index (χ1) is 12.2. The molecule has 0 unspecified atom stereocenters. The summed E-state index contributed by atoms with van der Waals surface area (Å²) in [5.41, 5.74) is 3.21. The Morgan fingerprint density at radius 2 is 1.62 bits per heavy atom. The van der Waals surface area contributed by atoms with Crippen LogP contribution in [-0.4, -0.2) is 26.0 Å². The number of aryl methyl sites for hydroxylation is 2. The number of benzene rings is 2. The Hall–Kier alpha value is -2.67. The van der Waals surface area contributed by atoms with Crippen LogP contribution in [0.25, 0.3) is 0 Å². The van der Waals surface area contributed by atoms with Gasteiger partial charge in [0, 0.05) is 24.7 Å². The van der Waals surface area contributed by atoms with Gasteiger partial charge >= 0.3 is 0 Å². The molecule has 0 bridgehead atoms. The van der Waals surface area contributed by atoms with E-state index in [1.807, 2.05) is 26.0 Å². The minimum absolute atomic E-state index is 0.117. The van der Waals surface area contributed by atoms with Crippen LogP contribution in [0.2, 0.25) is 0 Å². The summed E-state index contributed by atoms with van der Waals surface area (Å²) in [5.74, 6) is -0.873. The highest BCUT2D eigenvalue weighted by Gasteiger charge is 2.17. The molecular formula is C19H22N2O4S. The van der Waals surface area contributed by atoms with Crippen molar-refractivity contribution in [1.82, 2.24) is 0 Å². The predicted molar refractivity (Wildman–Crippen MR) is 102 cm³/mol. The number of hydrogen-bond donors (Lipinski definition) is 2. The van der Waals surface area contributed by atoms with Crippen molar-refractivity contribution in [2.24, 2.45) is 0 Å². The summed E-state index contributed by atoms with van der Waals surface area (Å²) in [5, 5.41) is 5.31. The van der Waals surface area contributed by atoms with Crippen molar-refractivity contribution < 1.29 is 18.0 Å². The SMILES string of the molecule is CC(=O)Nc1ccc(S(=O)(=O)CCC(=O)Nc2ccc(C)cc2C)cc1. The maximum absolute atomic E-state index is 12.4. The second-order valence-corrected chi connectivity index (χ2v) is 8.25. The van der Waals surface area contributed by atoms with Crippen LogP contribution in [0.1, 0.15) is 24.5 Å². The monoisotopic (exact) mass is 374 g/mol. The fourth-order valence-corrected chi connectivity index (χ4v) is 3.70. The molecule has 0 aliphatic carbocycles. The molecule has 0 fully saturated rings. The number of rotatable bonds is 6. The summed E-state index contributed by atoms with van der Waals surface area (Å²) in [6, 6.07) is 11.5. The highest BCUT2D eigenvalue weighted by Crippen LogP contribution is 2.18. The van der Waals surface area contributed by atoms with Gasteiger partial charge < -0.3 is 10.6 Å². The average molecular weight is 374 g/mol. The summed E-state index contributed by atoms with van der Waals surface area (Å²) >= 11 is 0. The fourth-order valence-electron chi connectivity index (χ4n) is 2.46. The third kappa shape index (κ3) is 5.42. The van der Waals surface area contributed by atoms with E-state index < -0.39 is 9.84 Å². The lowest BCUT2D eigenvalue weighted by Crippen LogP contribution is -2.18. The van der Waals surface area contributed by atoms with Crippen molar-refractivity contribution in [3.63, 3.8) is 0 Å². The van der Waals surface area contributed by atoms with Crippen LogP contribution >= 0.6 is 0 Å². The number of sulfone groups is 1. The van der Waals surface area contributed by atoms with Crippen molar-refractivity contribution in [2.45, 2.75) is 32.1 Å². The Balaban J connectivity index is 1.98. The Labute approximate surface area is 153 Å². The molecule has 2 aromatic rings. The van der Waals surface area contributed by atoms with Crippen LogP contribution in [-0.2, 0) is 19.4 Å². The number of carbonyl (C=O) groups is 2. The molecule has 2 N–H and O–H groups in total. The maximum atomic E-state index is 12.4. The summed E-state index contributed by atoms with van der Waals surface area (Å²) in [7, 11) is -3.58. The van der Waals surface area contributed by atoms with Crippen LogP contribution in [0, 0.1) is 13.8 Å². The molecule has 0 aromatic heterocycles. The zero-order chi connectivity index (χ0) is 19.3. The van der Waals surface area contributed by atoms with Gasteiger partial charge in [0.25, 0.3) is 0 Å². The van der Waals surface area contributed by atoms with Gasteiger partial charge in [-0.1, -0.05) is 17.7 Å². The lowest BCUT2D eigenvalue weighted by atomic mass is 10.1. The summed E-state index contributed by atoms with van der Waals surface area (Å²) in [6.07, 6.45) is -0.136. The van der Waals surface area contributed by atoms with E-state index in [1.54, 1.807) is 6.07 Å². The third-order valence-electron chi connectivity index (χ3n) is 3.79. The van der Waals surface area contributed by atoms with E-state index in [9.17, 15) is 18.0 Å². The summed E-state index contributed by atoms with van der Waals surface area (Å²) < 4.78 is 24.7. The van der Waals surface area contributed by atoms with Crippen molar-refractivity contribution in [1.29, 1.82) is 0 Å². The minimum atomic E-state index is -3.58. The largest absolute Gasteiger partial charge is 0.326 e. The van der Waals surface area contributed by atoms with Gasteiger partial charge in [0.15, 0.2) is 9.84 Å². The van der Waals surface area contributed by atoms with E-state index >= 15 is 0 Å². The normalized spacial score (nSPS) is 11.0. The Morgan fingerprint density at radius 3 is 2.19 bits per heavy atom. The van der Waals surface area contributed by atoms with Gasteiger partial charge in [-0.2, -0.15) is 0 Å². The van der Waals surface area contributed by atoms with Crippen molar-refractivity contribution in [3.05, 3.63) is 53.6 Å². The van der Waals surface area contributed by atoms with Gasteiger partial charge in [-0.25, -0.2) is 8.42 Å². The maximum Gasteiger partial charge on any atom is 0.225 e. The lowest BCUT2D eigenvalue weighted by Gasteiger charge is -2.10. The van der Waals surface area contributed by atoms with E-state index in [4.69, 9.17) is 0 Å². The molecular weight excluding hydrogens is 352 g/mol. The summed E-state index contributed by atoms with van der Waals surface area (Å²) in [4.78, 5) is 23.2. The molecule has 0 saturated heterocycles. The van der Waals surface area contributed by atoms with E-state index in [0.717, 1.165) is 11.1 Å². The van der Waals surface area contributed by atoms with Crippen molar-refractivity contribution in [2.75, 3.05) is 16.4 Å². The van der Waals surface area contributed by atoms with Gasteiger partial charge in [-0.3, -0.25) is 9.59 Å². The van der Waals surface area contributed by atoms with Gasteiger partial charge in [0.1, 0.15) is 0 Å². The predicted octanol–water partition coefficient (Wildman–Crippen LogP) is 3.06. The second kappa shape index (κ2) is 8.14. The number of hydrogen-bond acceptors (Lipinski definition) is 4. The number of nitrogens with one attached hydrogen (secondary N) is 2. The number of carbonyl (C=O) groups excluding carboxylic acids is 2. The molecule has 0 saturated carbocycles. The standard InChI is InChI=1S/C19H22N2O4S/c1-13-4-9-18(14(2)12-13)21-19(23)10-11-26(24,25)17-7-5-16(6-8-17)20-15(3)22/h4-9,12H,10-11H2,1-3H3,(H,20,22)(H,21,23). The van der Waals surface area contributed by atoms with Crippen LogP contribution in [0.4, 0.5) is 11.4 Å². The molecule has 0 aliphatic heterocycles. The summed E-state index contributed by atoms with van der Waals surface area (Å²) in [6.45, 7) is 5.22. The molecule has 26 heavy (non-hydrogen) atoms. The molecule has 2 aromatic carbocycles. The van der Waals surface area contributed by atoms with E-state index in [2.05, 4.69) is 10.6 Å². The first-order valence-corrected chi connectivity index (χ1v) is 9.80. The van der Waals surface area contributed by atoms with E-state index in [1.165, 1.54) is 31.2 Å². The Kier molecular flexibility index (Phi) is 6.15.